The molecule has 1 aromatic carbocycles. The molecule has 0 aromatic heterocycles. The largest absolute Gasteiger partial charge is 0.487 e. The van der Waals surface area contributed by atoms with E-state index in [1.807, 2.05) is 0 Å². The minimum absolute atomic E-state index is 0.245. The fourth-order valence-electron chi connectivity index (χ4n) is 1.16. The summed E-state index contributed by atoms with van der Waals surface area (Å²) < 4.78 is 29.7. The summed E-state index contributed by atoms with van der Waals surface area (Å²) in [6, 6.07) is 4.95. The van der Waals surface area contributed by atoms with Crippen molar-refractivity contribution >= 4 is 15.9 Å². The van der Waals surface area contributed by atoms with Crippen molar-refractivity contribution < 1.29 is 13.5 Å². The Kier molecular flexibility index (Phi) is 4.47. The Labute approximate surface area is 95.5 Å². The van der Waals surface area contributed by atoms with Gasteiger partial charge in [-0.15, -0.1) is 0 Å². The second kappa shape index (κ2) is 5.42. The normalized spacial score (nSPS) is 12.9. The predicted octanol–water partition coefficient (Wildman–Crippen LogP) is 3.11. The maximum absolute atomic E-state index is 12.0. The number of halogens is 3. The van der Waals surface area contributed by atoms with Crippen LogP contribution >= 0.6 is 15.9 Å². The average molecular weight is 280 g/mol. The van der Waals surface area contributed by atoms with Gasteiger partial charge in [0.2, 0.25) is 0 Å². The zero-order valence-electron chi connectivity index (χ0n) is 8.21. The van der Waals surface area contributed by atoms with Gasteiger partial charge >= 0.3 is 0 Å². The highest BCUT2D eigenvalue weighted by Gasteiger charge is 2.11. The molecule has 2 N–H and O–H groups in total. The number of alkyl halides is 2. The minimum Gasteiger partial charge on any atom is -0.487 e. The highest BCUT2D eigenvalue weighted by atomic mass is 79.9. The van der Waals surface area contributed by atoms with Crippen molar-refractivity contribution in [2.45, 2.75) is 19.4 Å². The van der Waals surface area contributed by atoms with E-state index in [1.54, 1.807) is 25.1 Å². The molecule has 84 valence electrons. The third-order valence-electron chi connectivity index (χ3n) is 1.83. The third-order valence-corrected chi connectivity index (χ3v) is 2.32. The van der Waals surface area contributed by atoms with Crippen LogP contribution in [0.2, 0.25) is 0 Å². The molecular weight excluding hydrogens is 268 g/mol. The average Bonchev–Trinajstić information content (AvgIpc) is 2.14. The summed E-state index contributed by atoms with van der Waals surface area (Å²) in [5.41, 5.74) is 6.41. The van der Waals surface area contributed by atoms with E-state index in [2.05, 4.69) is 15.9 Å². The molecule has 0 spiro atoms. The van der Waals surface area contributed by atoms with Crippen molar-refractivity contribution in [1.82, 2.24) is 0 Å². The minimum atomic E-state index is -2.48. The van der Waals surface area contributed by atoms with Crippen LogP contribution in [0.15, 0.2) is 22.7 Å². The van der Waals surface area contributed by atoms with Gasteiger partial charge in [-0.2, -0.15) is 0 Å². The van der Waals surface area contributed by atoms with E-state index in [0.717, 1.165) is 10.0 Å². The summed E-state index contributed by atoms with van der Waals surface area (Å²) in [6.45, 7) is 1.16. The summed E-state index contributed by atoms with van der Waals surface area (Å²) in [6.07, 6.45) is -2.48. The Morgan fingerprint density at radius 2 is 2.13 bits per heavy atom. The Morgan fingerprint density at radius 1 is 1.47 bits per heavy atom. The molecule has 0 aliphatic heterocycles. The van der Waals surface area contributed by atoms with E-state index in [9.17, 15) is 8.78 Å². The monoisotopic (exact) mass is 279 g/mol. The Hall–Kier alpha value is -0.680. The second-order valence-electron chi connectivity index (χ2n) is 3.17. The van der Waals surface area contributed by atoms with Crippen LogP contribution in [0.1, 0.15) is 18.5 Å². The van der Waals surface area contributed by atoms with Gasteiger partial charge in [-0.1, -0.05) is 22.0 Å². The summed E-state index contributed by atoms with van der Waals surface area (Å²) in [4.78, 5) is 0. The molecule has 0 bridgehead atoms. The molecule has 1 unspecified atom stereocenters. The summed E-state index contributed by atoms with van der Waals surface area (Å²) in [7, 11) is 0. The molecule has 0 aliphatic carbocycles. The van der Waals surface area contributed by atoms with Crippen LogP contribution in [0.25, 0.3) is 0 Å². The van der Waals surface area contributed by atoms with Crippen LogP contribution in [0.3, 0.4) is 0 Å². The van der Waals surface area contributed by atoms with Gasteiger partial charge in [-0.25, -0.2) is 8.78 Å². The molecule has 2 nitrogen and oxygen atoms in total. The molecule has 1 aromatic rings. The van der Waals surface area contributed by atoms with Crippen LogP contribution in [-0.2, 0) is 0 Å². The lowest BCUT2D eigenvalue weighted by atomic mass is 10.1. The van der Waals surface area contributed by atoms with E-state index in [0.29, 0.717) is 5.75 Å². The maximum atomic E-state index is 12.0. The quantitative estimate of drug-likeness (QED) is 0.919. The lowest BCUT2D eigenvalue weighted by Crippen LogP contribution is -2.12. The summed E-state index contributed by atoms with van der Waals surface area (Å²) in [5.74, 6) is 0.402. The van der Waals surface area contributed by atoms with E-state index < -0.39 is 13.0 Å². The van der Waals surface area contributed by atoms with Crippen LogP contribution in [0.5, 0.6) is 5.75 Å². The molecule has 0 heterocycles. The molecular formula is C10H12BrF2NO. The van der Waals surface area contributed by atoms with Gasteiger partial charge in [-0.05, 0) is 19.1 Å². The molecule has 0 amide bonds. The lowest BCUT2D eigenvalue weighted by Gasteiger charge is -2.14. The first kappa shape index (κ1) is 12.4. The van der Waals surface area contributed by atoms with Crippen molar-refractivity contribution in [2.24, 2.45) is 5.73 Å². The fraction of sp³-hybridized carbons (Fsp3) is 0.400. The fourth-order valence-corrected chi connectivity index (χ4v) is 1.50. The van der Waals surface area contributed by atoms with Crippen LogP contribution < -0.4 is 10.5 Å². The van der Waals surface area contributed by atoms with Gasteiger partial charge in [0.05, 0.1) is 0 Å². The molecule has 0 fully saturated rings. The van der Waals surface area contributed by atoms with Crippen molar-refractivity contribution in [3.05, 3.63) is 28.2 Å². The number of rotatable bonds is 4. The maximum Gasteiger partial charge on any atom is 0.272 e. The topological polar surface area (TPSA) is 35.2 Å². The highest BCUT2D eigenvalue weighted by molar-refractivity contribution is 9.10. The zero-order chi connectivity index (χ0) is 11.4. The van der Waals surface area contributed by atoms with Crippen LogP contribution in [0.4, 0.5) is 8.78 Å². The van der Waals surface area contributed by atoms with Crippen molar-refractivity contribution in [3.8, 4) is 5.75 Å². The van der Waals surface area contributed by atoms with E-state index in [4.69, 9.17) is 10.5 Å². The Morgan fingerprint density at radius 3 is 2.67 bits per heavy atom. The van der Waals surface area contributed by atoms with Gasteiger partial charge in [0, 0.05) is 16.1 Å². The van der Waals surface area contributed by atoms with Crippen molar-refractivity contribution in [2.75, 3.05) is 6.61 Å². The number of nitrogens with two attached hydrogens (primary N) is 1. The molecule has 1 atom stereocenters. The predicted molar refractivity (Wildman–Crippen MR) is 58.2 cm³/mol. The molecule has 15 heavy (non-hydrogen) atoms. The second-order valence-corrected chi connectivity index (χ2v) is 4.09. The Bertz CT molecular complexity index is 331. The van der Waals surface area contributed by atoms with Gasteiger partial charge in [0.25, 0.3) is 6.43 Å². The number of hydrogen-bond donors (Lipinski definition) is 1. The number of ether oxygens (including phenoxy) is 1. The summed E-state index contributed by atoms with van der Waals surface area (Å²) in [5, 5.41) is 0. The first-order valence-electron chi connectivity index (χ1n) is 4.46. The van der Waals surface area contributed by atoms with Crippen molar-refractivity contribution in [3.63, 3.8) is 0 Å². The van der Waals surface area contributed by atoms with Gasteiger partial charge in [0.1, 0.15) is 12.4 Å². The third kappa shape index (κ3) is 3.76. The Balaban J connectivity index is 2.87. The number of benzene rings is 1. The van der Waals surface area contributed by atoms with Crippen LogP contribution in [-0.4, -0.2) is 13.0 Å². The van der Waals surface area contributed by atoms with E-state index in [1.165, 1.54) is 0 Å². The summed E-state index contributed by atoms with van der Waals surface area (Å²) >= 11 is 3.24. The van der Waals surface area contributed by atoms with E-state index >= 15 is 0 Å². The highest BCUT2D eigenvalue weighted by Crippen LogP contribution is 2.27. The lowest BCUT2D eigenvalue weighted by molar-refractivity contribution is 0.0812. The molecule has 0 radical (unpaired) electrons. The SMILES string of the molecule is CC(N)c1ccc(Br)cc1OCC(F)F. The molecule has 0 saturated carbocycles. The smallest absolute Gasteiger partial charge is 0.272 e. The molecule has 0 saturated heterocycles. The first-order valence-corrected chi connectivity index (χ1v) is 5.26. The standard InChI is InChI=1S/C10H12BrF2NO/c1-6(14)8-3-2-7(11)4-9(8)15-5-10(12)13/h2-4,6,10H,5,14H2,1H3. The molecule has 1 rings (SSSR count). The van der Waals surface area contributed by atoms with Gasteiger partial charge < -0.3 is 10.5 Å². The van der Waals surface area contributed by atoms with Gasteiger partial charge in [-0.3, -0.25) is 0 Å². The van der Waals surface area contributed by atoms with Crippen LogP contribution in [0, 0.1) is 0 Å². The van der Waals surface area contributed by atoms with Gasteiger partial charge in [0.15, 0.2) is 0 Å². The first-order chi connectivity index (χ1) is 7.00. The number of hydrogen-bond acceptors (Lipinski definition) is 2. The van der Waals surface area contributed by atoms with Crippen molar-refractivity contribution in [1.29, 1.82) is 0 Å². The zero-order valence-corrected chi connectivity index (χ0v) is 9.80. The molecule has 5 heteroatoms. The molecule has 0 aliphatic rings. The van der Waals surface area contributed by atoms with E-state index in [-0.39, 0.29) is 6.04 Å².